The van der Waals surface area contributed by atoms with Crippen molar-refractivity contribution in [2.75, 3.05) is 18.5 Å². The number of rotatable bonds is 6. The summed E-state index contributed by atoms with van der Waals surface area (Å²) >= 11 is 0. The molecule has 6 heteroatoms. The first-order valence-electron chi connectivity index (χ1n) is 6.75. The highest BCUT2D eigenvalue weighted by atomic mass is 16.2. The fourth-order valence-electron chi connectivity index (χ4n) is 2.06. The number of aromatic nitrogens is 2. The molecular weight excluding hydrogens is 242 g/mol. The van der Waals surface area contributed by atoms with Crippen molar-refractivity contribution >= 4 is 11.9 Å². The molecule has 0 radical (unpaired) electrons. The summed E-state index contributed by atoms with van der Waals surface area (Å²) < 4.78 is 0. The van der Waals surface area contributed by atoms with Gasteiger partial charge in [-0.3, -0.25) is 10.2 Å². The monoisotopic (exact) mass is 263 g/mol. The molecule has 0 bridgehead atoms. The van der Waals surface area contributed by atoms with Crippen LogP contribution in [0.25, 0.3) is 0 Å². The fraction of sp³-hybridized carbons (Fsp3) is 0.615. The molecule has 1 heterocycles. The zero-order chi connectivity index (χ0) is 13.8. The molecule has 2 rings (SSSR count). The minimum absolute atomic E-state index is 0.0317. The van der Waals surface area contributed by atoms with Crippen molar-refractivity contribution in [3.8, 4) is 0 Å². The fourth-order valence-corrected chi connectivity index (χ4v) is 2.06. The number of hydrogen-bond donors (Lipinski definition) is 2. The van der Waals surface area contributed by atoms with Crippen molar-refractivity contribution in [2.45, 2.75) is 33.1 Å². The van der Waals surface area contributed by atoms with Gasteiger partial charge in [-0.05, 0) is 38.2 Å². The number of aryl methyl sites for hydroxylation is 1. The molecule has 0 spiro atoms. The van der Waals surface area contributed by atoms with Crippen LogP contribution >= 0.6 is 0 Å². The quantitative estimate of drug-likeness (QED) is 0.597. The van der Waals surface area contributed by atoms with Crippen molar-refractivity contribution in [1.82, 2.24) is 14.9 Å². The number of nitrogens with zero attached hydrogens (tertiary/aromatic N) is 3. The SMILES string of the molecule is CCCN(CC1CC1)C(=O)c1cc(C)nc(NN)n1. The molecule has 1 aromatic rings. The van der Waals surface area contributed by atoms with Crippen LogP contribution in [-0.2, 0) is 0 Å². The second kappa shape index (κ2) is 5.97. The minimum atomic E-state index is -0.0317. The van der Waals surface area contributed by atoms with E-state index in [4.69, 9.17) is 5.84 Å². The number of carbonyl (C=O) groups is 1. The molecule has 1 aliphatic carbocycles. The molecule has 0 atom stereocenters. The summed E-state index contributed by atoms with van der Waals surface area (Å²) in [5.74, 6) is 6.24. The standard InChI is InChI=1S/C13H21N5O/c1-3-6-18(8-10-4-5-10)12(19)11-7-9(2)15-13(16-11)17-14/h7,10H,3-6,8,14H2,1-2H3,(H,15,16,17). The van der Waals surface area contributed by atoms with Crippen LogP contribution in [0.4, 0.5) is 5.95 Å². The second-order valence-corrected chi connectivity index (χ2v) is 5.06. The maximum atomic E-state index is 12.5. The Balaban J connectivity index is 2.16. The van der Waals surface area contributed by atoms with Gasteiger partial charge in [0, 0.05) is 18.8 Å². The average Bonchev–Trinajstić information content (AvgIpc) is 3.20. The Bertz CT molecular complexity index is 458. The van der Waals surface area contributed by atoms with Crippen molar-refractivity contribution in [3.05, 3.63) is 17.5 Å². The van der Waals surface area contributed by atoms with Gasteiger partial charge in [-0.15, -0.1) is 0 Å². The Kier molecular flexibility index (Phi) is 4.31. The zero-order valence-corrected chi connectivity index (χ0v) is 11.5. The van der Waals surface area contributed by atoms with E-state index in [1.807, 2.05) is 11.8 Å². The summed E-state index contributed by atoms with van der Waals surface area (Å²) in [4.78, 5) is 22.6. The molecule has 0 unspecified atom stereocenters. The van der Waals surface area contributed by atoms with E-state index in [-0.39, 0.29) is 11.9 Å². The van der Waals surface area contributed by atoms with Crippen LogP contribution in [-0.4, -0.2) is 33.9 Å². The van der Waals surface area contributed by atoms with Crippen LogP contribution in [0, 0.1) is 12.8 Å². The van der Waals surface area contributed by atoms with E-state index in [0.717, 1.165) is 25.2 Å². The highest BCUT2D eigenvalue weighted by Gasteiger charge is 2.27. The Hall–Kier alpha value is -1.69. The van der Waals surface area contributed by atoms with Crippen molar-refractivity contribution in [3.63, 3.8) is 0 Å². The number of hydrazine groups is 1. The molecule has 1 fully saturated rings. The molecule has 0 aromatic carbocycles. The summed E-state index contributed by atoms with van der Waals surface area (Å²) in [5.41, 5.74) is 3.54. The van der Waals surface area contributed by atoms with Crippen molar-refractivity contribution in [1.29, 1.82) is 0 Å². The molecule has 1 aliphatic rings. The number of nitrogens with one attached hydrogen (secondary N) is 1. The van der Waals surface area contributed by atoms with Crippen LogP contribution in [0.2, 0.25) is 0 Å². The van der Waals surface area contributed by atoms with Crippen LogP contribution in [0.15, 0.2) is 6.07 Å². The van der Waals surface area contributed by atoms with Gasteiger partial charge in [-0.1, -0.05) is 6.92 Å². The molecule has 3 N–H and O–H groups in total. The molecule has 6 nitrogen and oxygen atoms in total. The molecular formula is C13H21N5O. The molecule has 1 saturated carbocycles. The first-order chi connectivity index (χ1) is 9.13. The Morgan fingerprint density at radius 2 is 2.26 bits per heavy atom. The van der Waals surface area contributed by atoms with Crippen LogP contribution in [0.1, 0.15) is 42.4 Å². The Labute approximate surface area is 113 Å². The smallest absolute Gasteiger partial charge is 0.272 e. The topological polar surface area (TPSA) is 84.1 Å². The van der Waals surface area contributed by atoms with Gasteiger partial charge in [-0.2, -0.15) is 0 Å². The Morgan fingerprint density at radius 3 is 2.84 bits per heavy atom. The normalized spacial score (nSPS) is 14.3. The summed E-state index contributed by atoms with van der Waals surface area (Å²) in [5, 5.41) is 0. The van der Waals surface area contributed by atoms with E-state index in [1.165, 1.54) is 12.8 Å². The maximum absolute atomic E-state index is 12.5. The molecule has 1 amide bonds. The second-order valence-electron chi connectivity index (χ2n) is 5.06. The summed E-state index contributed by atoms with van der Waals surface area (Å²) in [6.45, 7) is 5.50. The third kappa shape index (κ3) is 3.64. The average molecular weight is 263 g/mol. The van der Waals surface area contributed by atoms with Gasteiger partial charge in [-0.25, -0.2) is 15.8 Å². The molecule has 19 heavy (non-hydrogen) atoms. The lowest BCUT2D eigenvalue weighted by Crippen LogP contribution is -2.34. The van der Waals surface area contributed by atoms with E-state index in [2.05, 4.69) is 22.3 Å². The largest absolute Gasteiger partial charge is 0.337 e. The molecule has 0 saturated heterocycles. The lowest BCUT2D eigenvalue weighted by atomic mass is 10.2. The van der Waals surface area contributed by atoms with E-state index in [1.54, 1.807) is 6.07 Å². The van der Waals surface area contributed by atoms with Gasteiger partial charge in [0.1, 0.15) is 5.69 Å². The van der Waals surface area contributed by atoms with E-state index in [0.29, 0.717) is 11.6 Å². The third-order valence-electron chi connectivity index (χ3n) is 3.16. The first-order valence-corrected chi connectivity index (χ1v) is 6.75. The minimum Gasteiger partial charge on any atom is -0.337 e. The highest BCUT2D eigenvalue weighted by Crippen LogP contribution is 2.30. The summed E-state index contributed by atoms with van der Waals surface area (Å²) in [6.07, 6.45) is 3.41. The summed E-state index contributed by atoms with van der Waals surface area (Å²) in [6, 6.07) is 1.71. The lowest BCUT2D eigenvalue weighted by Gasteiger charge is -2.21. The molecule has 0 aliphatic heterocycles. The number of carbonyl (C=O) groups excluding carboxylic acids is 1. The lowest BCUT2D eigenvalue weighted by molar-refractivity contribution is 0.0741. The van der Waals surface area contributed by atoms with Crippen LogP contribution < -0.4 is 11.3 Å². The van der Waals surface area contributed by atoms with Gasteiger partial charge in [0.05, 0.1) is 0 Å². The number of hydrogen-bond acceptors (Lipinski definition) is 5. The molecule has 104 valence electrons. The maximum Gasteiger partial charge on any atom is 0.272 e. The van der Waals surface area contributed by atoms with Crippen LogP contribution in [0.5, 0.6) is 0 Å². The number of nitrogens with two attached hydrogens (primary N) is 1. The van der Waals surface area contributed by atoms with E-state index in [9.17, 15) is 4.79 Å². The third-order valence-corrected chi connectivity index (χ3v) is 3.16. The van der Waals surface area contributed by atoms with Gasteiger partial charge in [0.15, 0.2) is 0 Å². The predicted octanol–water partition coefficient (Wildman–Crippen LogP) is 1.33. The van der Waals surface area contributed by atoms with Gasteiger partial charge < -0.3 is 4.90 Å². The zero-order valence-electron chi connectivity index (χ0n) is 11.5. The number of nitrogen functional groups attached to an aromatic ring is 1. The molecule has 1 aromatic heterocycles. The summed E-state index contributed by atoms with van der Waals surface area (Å²) in [7, 11) is 0. The van der Waals surface area contributed by atoms with Gasteiger partial charge in [0.2, 0.25) is 5.95 Å². The van der Waals surface area contributed by atoms with Gasteiger partial charge in [0.25, 0.3) is 5.91 Å². The van der Waals surface area contributed by atoms with E-state index >= 15 is 0 Å². The number of anilines is 1. The van der Waals surface area contributed by atoms with E-state index < -0.39 is 0 Å². The van der Waals surface area contributed by atoms with Gasteiger partial charge >= 0.3 is 0 Å². The van der Waals surface area contributed by atoms with Crippen molar-refractivity contribution in [2.24, 2.45) is 11.8 Å². The Morgan fingerprint density at radius 1 is 1.53 bits per heavy atom. The highest BCUT2D eigenvalue weighted by molar-refractivity contribution is 5.92. The number of amides is 1. The first kappa shape index (κ1) is 13.7. The van der Waals surface area contributed by atoms with Crippen molar-refractivity contribution < 1.29 is 4.79 Å². The predicted molar refractivity (Wildman–Crippen MR) is 73.5 cm³/mol. The van der Waals surface area contributed by atoms with Crippen LogP contribution in [0.3, 0.4) is 0 Å².